The maximum Gasteiger partial charge on any atom is 0.149 e. The Bertz CT molecular complexity index is 562. The van der Waals surface area contributed by atoms with Crippen LogP contribution >= 0.6 is 0 Å². The molecule has 1 N–H and O–H groups in total. The molecule has 0 bridgehead atoms. The van der Waals surface area contributed by atoms with Crippen molar-refractivity contribution in [3.63, 3.8) is 0 Å². The van der Waals surface area contributed by atoms with Gasteiger partial charge in [0.1, 0.15) is 17.3 Å². The van der Waals surface area contributed by atoms with E-state index in [9.17, 15) is 8.78 Å². The minimum absolute atomic E-state index is 0.0428. The second-order valence-corrected chi connectivity index (χ2v) is 4.94. The van der Waals surface area contributed by atoms with Crippen LogP contribution < -0.4 is 10.2 Å². The number of benzene rings is 2. The van der Waals surface area contributed by atoms with Crippen LogP contribution in [0.25, 0.3) is 0 Å². The van der Waals surface area contributed by atoms with E-state index in [-0.39, 0.29) is 5.69 Å². The molecule has 0 aliphatic rings. The average molecular weight is 290 g/mol. The Morgan fingerprint density at radius 2 is 1.62 bits per heavy atom. The molecule has 0 amide bonds. The lowest BCUT2D eigenvalue weighted by atomic mass is 10.1. The number of hydrogen-bond acceptors (Lipinski definition) is 2. The van der Waals surface area contributed by atoms with Crippen molar-refractivity contribution in [3.05, 3.63) is 65.2 Å². The Labute approximate surface area is 124 Å². The van der Waals surface area contributed by atoms with E-state index in [1.807, 2.05) is 37.3 Å². The molecular formula is C17H20F2N2. The average Bonchev–Trinajstić information content (AvgIpc) is 2.47. The molecule has 4 heteroatoms. The van der Waals surface area contributed by atoms with Gasteiger partial charge in [-0.15, -0.1) is 0 Å². The fraction of sp³-hybridized carbons (Fsp3) is 0.294. The zero-order chi connectivity index (χ0) is 15.2. The highest BCUT2D eigenvalue weighted by Gasteiger charge is 2.17. The van der Waals surface area contributed by atoms with Crippen molar-refractivity contribution in [3.8, 4) is 0 Å². The summed E-state index contributed by atoms with van der Waals surface area (Å²) in [6.45, 7) is 3.35. The fourth-order valence-corrected chi connectivity index (χ4v) is 2.38. The summed E-state index contributed by atoms with van der Waals surface area (Å²) in [6.07, 6.45) is 0. The molecule has 2 nitrogen and oxygen atoms in total. The molecule has 0 fully saturated rings. The Morgan fingerprint density at radius 1 is 1.00 bits per heavy atom. The Hall–Kier alpha value is -1.94. The van der Waals surface area contributed by atoms with E-state index in [1.54, 1.807) is 11.9 Å². The summed E-state index contributed by atoms with van der Waals surface area (Å²) in [7, 11) is 1.75. The van der Waals surface area contributed by atoms with E-state index in [1.165, 1.54) is 12.1 Å². The van der Waals surface area contributed by atoms with Crippen LogP contribution in [0.1, 0.15) is 18.1 Å². The summed E-state index contributed by atoms with van der Waals surface area (Å²) in [5.74, 6) is -1.03. The van der Waals surface area contributed by atoms with Gasteiger partial charge in [0.05, 0.1) is 0 Å². The molecule has 0 radical (unpaired) electrons. The van der Waals surface area contributed by atoms with Crippen molar-refractivity contribution >= 4 is 5.69 Å². The zero-order valence-electron chi connectivity index (χ0n) is 12.4. The van der Waals surface area contributed by atoms with Gasteiger partial charge in [-0.3, -0.25) is 0 Å². The number of nitrogens with one attached hydrogen (secondary N) is 1. The van der Waals surface area contributed by atoms with Crippen LogP contribution in [0, 0.1) is 11.6 Å². The first-order valence-electron chi connectivity index (χ1n) is 7.07. The molecule has 0 spiro atoms. The van der Waals surface area contributed by atoms with Crippen LogP contribution in [-0.4, -0.2) is 13.6 Å². The molecule has 0 aliphatic carbocycles. The van der Waals surface area contributed by atoms with Crippen LogP contribution in [0.5, 0.6) is 0 Å². The Morgan fingerprint density at radius 3 is 2.14 bits per heavy atom. The van der Waals surface area contributed by atoms with Crippen LogP contribution in [0.15, 0.2) is 42.5 Å². The van der Waals surface area contributed by atoms with Crippen molar-refractivity contribution < 1.29 is 8.78 Å². The van der Waals surface area contributed by atoms with Gasteiger partial charge in [0.2, 0.25) is 0 Å². The van der Waals surface area contributed by atoms with Crippen molar-refractivity contribution in [1.82, 2.24) is 5.32 Å². The lowest BCUT2D eigenvalue weighted by Gasteiger charge is -2.24. The minimum Gasteiger partial charge on any atom is -0.363 e. The molecule has 0 aromatic heterocycles. The van der Waals surface area contributed by atoms with E-state index in [0.717, 1.165) is 5.56 Å². The largest absolute Gasteiger partial charge is 0.363 e. The smallest absolute Gasteiger partial charge is 0.149 e. The van der Waals surface area contributed by atoms with E-state index < -0.39 is 11.6 Å². The molecule has 0 unspecified atom stereocenters. The molecule has 2 aromatic carbocycles. The van der Waals surface area contributed by atoms with Crippen LogP contribution in [0.4, 0.5) is 14.5 Å². The van der Waals surface area contributed by atoms with Gasteiger partial charge >= 0.3 is 0 Å². The third kappa shape index (κ3) is 3.79. The summed E-state index contributed by atoms with van der Waals surface area (Å²) >= 11 is 0. The van der Waals surface area contributed by atoms with Gasteiger partial charge in [0, 0.05) is 19.6 Å². The molecule has 2 aromatic rings. The fourth-order valence-electron chi connectivity index (χ4n) is 2.38. The third-order valence-corrected chi connectivity index (χ3v) is 3.37. The zero-order valence-corrected chi connectivity index (χ0v) is 12.4. The highest BCUT2D eigenvalue weighted by atomic mass is 19.1. The number of hydrogen-bond donors (Lipinski definition) is 1. The number of rotatable bonds is 6. The number of anilines is 1. The van der Waals surface area contributed by atoms with E-state index >= 15 is 0 Å². The summed E-state index contributed by atoms with van der Waals surface area (Å²) in [5, 5.41) is 2.89. The van der Waals surface area contributed by atoms with E-state index in [0.29, 0.717) is 25.2 Å². The minimum atomic E-state index is -0.516. The van der Waals surface area contributed by atoms with Gasteiger partial charge in [0.25, 0.3) is 0 Å². The van der Waals surface area contributed by atoms with E-state index in [2.05, 4.69) is 5.32 Å². The van der Waals surface area contributed by atoms with Gasteiger partial charge in [-0.2, -0.15) is 0 Å². The maximum absolute atomic E-state index is 14.3. The van der Waals surface area contributed by atoms with Crippen LogP contribution in [-0.2, 0) is 13.1 Å². The second-order valence-electron chi connectivity index (χ2n) is 4.94. The van der Waals surface area contributed by atoms with Crippen molar-refractivity contribution in [1.29, 1.82) is 0 Å². The third-order valence-electron chi connectivity index (χ3n) is 3.37. The predicted octanol–water partition coefficient (Wildman–Crippen LogP) is 3.71. The Balaban J connectivity index is 2.29. The highest BCUT2D eigenvalue weighted by molar-refractivity contribution is 5.51. The Kier molecular flexibility index (Phi) is 5.28. The topological polar surface area (TPSA) is 15.3 Å². The molecule has 21 heavy (non-hydrogen) atoms. The quantitative estimate of drug-likeness (QED) is 0.872. The molecule has 112 valence electrons. The summed E-state index contributed by atoms with van der Waals surface area (Å²) in [6, 6.07) is 12.5. The predicted molar refractivity (Wildman–Crippen MR) is 82.3 cm³/mol. The first-order valence-corrected chi connectivity index (χ1v) is 7.07. The van der Waals surface area contributed by atoms with Gasteiger partial charge in [-0.25, -0.2) is 8.78 Å². The molecule has 0 saturated carbocycles. The summed E-state index contributed by atoms with van der Waals surface area (Å²) in [5.41, 5.74) is 1.67. The molecule has 0 atom stereocenters. The molecular weight excluding hydrogens is 270 g/mol. The maximum atomic E-state index is 14.3. The van der Waals surface area contributed by atoms with Crippen LogP contribution in [0.3, 0.4) is 0 Å². The first-order chi connectivity index (χ1) is 10.2. The number of nitrogens with zero attached hydrogens (tertiary/aromatic N) is 1. The van der Waals surface area contributed by atoms with Gasteiger partial charge < -0.3 is 10.2 Å². The summed E-state index contributed by atoms with van der Waals surface area (Å²) in [4.78, 5) is 1.71. The second kappa shape index (κ2) is 7.18. The molecule has 0 heterocycles. The van der Waals surface area contributed by atoms with Gasteiger partial charge in [0.15, 0.2) is 0 Å². The van der Waals surface area contributed by atoms with Gasteiger partial charge in [-0.05, 0) is 37.2 Å². The molecule has 2 rings (SSSR count). The van der Waals surface area contributed by atoms with E-state index in [4.69, 9.17) is 0 Å². The van der Waals surface area contributed by atoms with Crippen LogP contribution in [0.2, 0.25) is 0 Å². The summed E-state index contributed by atoms with van der Waals surface area (Å²) < 4.78 is 28.5. The lowest BCUT2D eigenvalue weighted by Crippen LogP contribution is -2.24. The van der Waals surface area contributed by atoms with Crippen molar-refractivity contribution in [2.24, 2.45) is 0 Å². The highest BCUT2D eigenvalue weighted by Crippen LogP contribution is 2.26. The molecule has 0 aliphatic heterocycles. The monoisotopic (exact) mass is 290 g/mol. The number of halogens is 2. The van der Waals surface area contributed by atoms with Crippen molar-refractivity contribution in [2.45, 2.75) is 20.0 Å². The normalized spacial score (nSPS) is 10.7. The van der Waals surface area contributed by atoms with Crippen molar-refractivity contribution in [2.75, 3.05) is 18.5 Å². The standard InChI is InChI=1S/C17H20F2N2/c1-3-21(12-13-7-5-4-6-8-13)17-15(18)9-14(11-20-2)10-16(17)19/h4-10,20H,3,11-12H2,1-2H3. The SMILES string of the molecule is CCN(Cc1ccccc1)c1c(F)cc(CNC)cc1F. The lowest BCUT2D eigenvalue weighted by molar-refractivity contribution is 0.566. The first kappa shape index (κ1) is 15.4. The van der Waals surface area contributed by atoms with Gasteiger partial charge in [-0.1, -0.05) is 30.3 Å². The molecule has 0 saturated heterocycles.